The second-order valence-electron chi connectivity index (χ2n) is 7.31. The van der Waals surface area contributed by atoms with Crippen LogP contribution in [0.5, 0.6) is 0 Å². The van der Waals surface area contributed by atoms with E-state index in [-0.39, 0.29) is 5.54 Å². The minimum Gasteiger partial charge on any atom is -0.346 e. The molecule has 24 heavy (non-hydrogen) atoms. The summed E-state index contributed by atoms with van der Waals surface area (Å²) in [5.41, 5.74) is 7.48. The smallest absolute Gasteiger partial charge is 0.133 e. The molecule has 0 amide bonds. The Morgan fingerprint density at radius 2 is 1.75 bits per heavy atom. The second kappa shape index (κ2) is 4.89. The summed E-state index contributed by atoms with van der Waals surface area (Å²) in [6.45, 7) is 4.71. The van der Waals surface area contributed by atoms with Gasteiger partial charge in [0.2, 0.25) is 0 Å². The van der Waals surface area contributed by atoms with Crippen LogP contribution >= 0.6 is 0 Å². The predicted octanol–water partition coefficient (Wildman–Crippen LogP) is 5.46. The van der Waals surface area contributed by atoms with Gasteiger partial charge in [-0.1, -0.05) is 50.2 Å². The van der Waals surface area contributed by atoms with Crippen molar-refractivity contribution in [3.05, 3.63) is 66.0 Å². The van der Waals surface area contributed by atoms with Gasteiger partial charge in [0.05, 0.1) is 5.69 Å². The summed E-state index contributed by atoms with van der Waals surface area (Å²) in [6, 6.07) is 15.8. The molecule has 3 aliphatic heterocycles. The number of hydrogen-bond acceptors (Lipinski definition) is 2. The molecular formula is C22H24N2. The number of aryl methyl sites for hydroxylation is 1. The Kier molecular flexibility index (Phi) is 2.88. The summed E-state index contributed by atoms with van der Waals surface area (Å²) in [6.07, 6.45) is 9.80. The van der Waals surface area contributed by atoms with Gasteiger partial charge < -0.3 is 9.80 Å². The molecule has 2 nitrogen and oxygen atoms in total. The molecule has 0 aliphatic carbocycles. The van der Waals surface area contributed by atoms with Crippen molar-refractivity contribution in [3.8, 4) is 11.1 Å². The molecule has 0 N–H and O–H groups in total. The number of hydrogen-bond donors (Lipinski definition) is 0. The summed E-state index contributed by atoms with van der Waals surface area (Å²) in [5, 5.41) is 0. The Morgan fingerprint density at radius 3 is 2.58 bits per heavy atom. The summed E-state index contributed by atoms with van der Waals surface area (Å²) in [5.74, 6) is 0. The highest BCUT2D eigenvalue weighted by Crippen LogP contribution is 2.54. The number of rotatable bonds is 2. The molecule has 0 aromatic heterocycles. The lowest BCUT2D eigenvalue weighted by Gasteiger charge is -2.47. The zero-order valence-electron chi connectivity index (χ0n) is 14.5. The van der Waals surface area contributed by atoms with E-state index < -0.39 is 0 Å². The minimum absolute atomic E-state index is 0.262. The van der Waals surface area contributed by atoms with Crippen LogP contribution in [0.25, 0.3) is 11.1 Å². The molecule has 0 spiro atoms. The first-order valence-electron chi connectivity index (χ1n) is 9.25. The molecule has 2 heteroatoms. The van der Waals surface area contributed by atoms with E-state index in [2.05, 4.69) is 78.5 Å². The highest BCUT2D eigenvalue weighted by Gasteiger charge is 2.47. The van der Waals surface area contributed by atoms with E-state index >= 15 is 0 Å². The zero-order valence-corrected chi connectivity index (χ0v) is 14.5. The first-order chi connectivity index (χ1) is 11.8. The Morgan fingerprint density at radius 1 is 0.958 bits per heavy atom. The Balaban J connectivity index is 1.81. The average Bonchev–Trinajstić information content (AvgIpc) is 3.03. The number of anilines is 1. The summed E-state index contributed by atoms with van der Waals surface area (Å²) in [7, 11) is 0. The van der Waals surface area contributed by atoms with Crippen molar-refractivity contribution in [3.63, 3.8) is 0 Å². The SMILES string of the molecule is CCC1(CC)CCc2cccc3c2C2N(C=CN21)c1ccccc1-3. The third-order valence-electron chi connectivity index (χ3n) is 6.57. The Labute approximate surface area is 144 Å². The third-order valence-corrected chi connectivity index (χ3v) is 6.57. The van der Waals surface area contributed by atoms with Crippen molar-refractivity contribution in [2.24, 2.45) is 0 Å². The fourth-order valence-electron chi connectivity index (χ4n) is 5.11. The van der Waals surface area contributed by atoms with Crippen molar-refractivity contribution in [2.45, 2.75) is 51.2 Å². The van der Waals surface area contributed by atoms with Crippen molar-refractivity contribution < 1.29 is 0 Å². The van der Waals surface area contributed by atoms with Gasteiger partial charge >= 0.3 is 0 Å². The van der Waals surface area contributed by atoms with Crippen LogP contribution in [0.15, 0.2) is 54.9 Å². The molecule has 1 unspecified atom stereocenters. The standard InChI is InChI=1S/C22H24N2/c1-3-22(4-2)13-12-16-8-7-10-18-17-9-5-6-11-19(17)23-14-15-24(22)21(23)20(16)18/h5-11,14-15,21H,3-4,12-13H2,1-2H3. The Bertz CT molecular complexity index is 832. The van der Waals surface area contributed by atoms with Crippen LogP contribution in [0.4, 0.5) is 5.69 Å². The summed E-state index contributed by atoms with van der Waals surface area (Å²) >= 11 is 0. The van der Waals surface area contributed by atoms with Crippen molar-refractivity contribution >= 4 is 5.69 Å². The number of para-hydroxylation sites is 1. The molecule has 0 radical (unpaired) electrons. The van der Waals surface area contributed by atoms with Crippen LogP contribution in [0, 0.1) is 0 Å². The van der Waals surface area contributed by atoms with E-state index in [1.54, 1.807) is 0 Å². The van der Waals surface area contributed by atoms with Crippen molar-refractivity contribution in [1.82, 2.24) is 4.90 Å². The van der Waals surface area contributed by atoms with Crippen LogP contribution in [0.1, 0.15) is 50.4 Å². The molecule has 1 atom stereocenters. The zero-order chi connectivity index (χ0) is 16.3. The maximum absolute atomic E-state index is 2.66. The molecule has 3 heterocycles. The van der Waals surface area contributed by atoms with E-state index in [1.807, 2.05) is 0 Å². The Hall–Kier alpha value is -2.22. The number of fused-ring (bicyclic) bond motifs is 3. The minimum atomic E-state index is 0.262. The molecule has 0 bridgehead atoms. The molecule has 5 rings (SSSR count). The van der Waals surface area contributed by atoms with Gasteiger partial charge in [0.25, 0.3) is 0 Å². The average molecular weight is 316 g/mol. The van der Waals surface area contributed by atoms with Crippen LogP contribution in [-0.2, 0) is 6.42 Å². The van der Waals surface area contributed by atoms with Crippen molar-refractivity contribution in [2.75, 3.05) is 4.90 Å². The van der Waals surface area contributed by atoms with E-state index in [4.69, 9.17) is 0 Å². The van der Waals surface area contributed by atoms with Gasteiger partial charge in [0, 0.05) is 29.1 Å². The maximum atomic E-state index is 2.66. The molecule has 122 valence electrons. The predicted molar refractivity (Wildman–Crippen MR) is 99.7 cm³/mol. The summed E-state index contributed by atoms with van der Waals surface area (Å²) in [4.78, 5) is 5.16. The lowest BCUT2D eigenvalue weighted by atomic mass is 9.85. The van der Waals surface area contributed by atoms with Crippen LogP contribution in [0.2, 0.25) is 0 Å². The fraction of sp³-hybridized carbons (Fsp3) is 0.364. The summed E-state index contributed by atoms with van der Waals surface area (Å²) < 4.78 is 0. The van der Waals surface area contributed by atoms with Gasteiger partial charge in [-0.15, -0.1) is 0 Å². The van der Waals surface area contributed by atoms with E-state index in [0.29, 0.717) is 6.17 Å². The van der Waals surface area contributed by atoms with Gasteiger partial charge in [0.1, 0.15) is 6.17 Å². The van der Waals surface area contributed by atoms with Gasteiger partial charge in [-0.3, -0.25) is 0 Å². The van der Waals surface area contributed by atoms with E-state index in [1.165, 1.54) is 53.6 Å². The fourth-order valence-corrected chi connectivity index (χ4v) is 5.11. The van der Waals surface area contributed by atoms with E-state index in [0.717, 1.165) is 0 Å². The number of nitrogens with zero attached hydrogens (tertiary/aromatic N) is 2. The van der Waals surface area contributed by atoms with Crippen LogP contribution in [-0.4, -0.2) is 10.4 Å². The maximum Gasteiger partial charge on any atom is 0.133 e. The largest absolute Gasteiger partial charge is 0.346 e. The second-order valence-corrected chi connectivity index (χ2v) is 7.31. The first-order valence-corrected chi connectivity index (χ1v) is 9.25. The number of benzene rings is 2. The lowest BCUT2D eigenvalue weighted by Crippen LogP contribution is -2.47. The molecule has 0 fully saturated rings. The molecule has 2 aromatic rings. The molecule has 3 aliphatic rings. The van der Waals surface area contributed by atoms with Crippen LogP contribution < -0.4 is 4.90 Å². The topological polar surface area (TPSA) is 6.48 Å². The van der Waals surface area contributed by atoms with Gasteiger partial charge in [0.15, 0.2) is 0 Å². The van der Waals surface area contributed by atoms with Crippen LogP contribution in [0.3, 0.4) is 0 Å². The highest BCUT2D eigenvalue weighted by atomic mass is 15.4. The lowest BCUT2D eigenvalue weighted by molar-refractivity contribution is 0.0957. The normalized spacial score (nSPS) is 22.2. The molecule has 0 saturated carbocycles. The molecule has 0 saturated heterocycles. The molecule has 2 aromatic carbocycles. The first kappa shape index (κ1) is 14.2. The van der Waals surface area contributed by atoms with Gasteiger partial charge in [-0.25, -0.2) is 0 Å². The van der Waals surface area contributed by atoms with Crippen molar-refractivity contribution in [1.29, 1.82) is 0 Å². The van der Waals surface area contributed by atoms with E-state index in [9.17, 15) is 0 Å². The quantitative estimate of drug-likeness (QED) is 0.725. The third kappa shape index (κ3) is 1.61. The van der Waals surface area contributed by atoms with Gasteiger partial charge in [-0.05, 0) is 42.9 Å². The monoisotopic (exact) mass is 316 g/mol. The van der Waals surface area contributed by atoms with Gasteiger partial charge in [-0.2, -0.15) is 0 Å². The molecular weight excluding hydrogens is 292 g/mol. The highest BCUT2D eigenvalue weighted by molar-refractivity contribution is 5.86.